The highest BCUT2D eigenvalue weighted by molar-refractivity contribution is 5.78. The number of aryl methyl sites for hydroxylation is 1. The number of carbonyl (C=O) groups is 1. The Morgan fingerprint density at radius 3 is 2.58 bits per heavy atom. The summed E-state index contributed by atoms with van der Waals surface area (Å²) >= 11 is 0. The van der Waals surface area contributed by atoms with Crippen molar-refractivity contribution in [2.24, 2.45) is 5.92 Å². The van der Waals surface area contributed by atoms with Crippen molar-refractivity contribution in [3.05, 3.63) is 65.2 Å². The van der Waals surface area contributed by atoms with Crippen LogP contribution >= 0.6 is 0 Å². The van der Waals surface area contributed by atoms with Crippen LogP contribution in [-0.2, 0) is 17.6 Å². The molecule has 0 radical (unpaired) electrons. The van der Waals surface area contributed by atoms with Gasteiger partial charge in [-0.15, -0.1) is 0 Å². The second-order valence-corrected chi connectivity index (χ2v) is 7.55. The van der Waals surface area contributed by atoms with Gasteiger partial charge < -0.3 is 10.1 Å². The molecule has 1 aliphatic carbocycles. The second-order valence-electron chi connectivity index (χ2n) is 7.55. The fraction of sp³-hybridized carbons (Fsp3) is 0.435. The lowest BCUT2D eigenvalue weighted by molar-refractivity contribution is -0.124. The van der Waals surface area contributed by atoms with Crippen LogP contribution in [0.5, 0.6) is 5.75 Å². The summed E-state index contributed by atoms with van der Waals surface area (Å²) in [7, 11) is 0. The van der Waals surface area contributed by atoms with Gasteiger partial charge in [-0.3, -0.25) is 4.79 Å². The van der Waals surface area contributed by atoms with E-state index in [-0.39, 0.29) is 18.6 Å². The Bertz CT molecular complexity index is 724. The molecule has 1 N–H and O–H groups in total. The van der Waals surface area contributed by atoms with E-state index in [9.17, 15) is 4.79 Å². The van der Waals surface area contributed by atoms with Crippen LogP contribution in [0.25, 0.3) is 0 Å². The van der Waals surface area contributed by atoms with Crippen LogP contribution in [-0.4, -0.2) is 12.5 Å². The zero-order valence-electron chi connectivity index (χ0n) is 15.8. The molecule has 0 bridgehead atoms. The summed E-state index contributed by atoms with van der Waals surface area (Å²) in [6.07, 6.45) is 5.52. The Morgan fingerprint density at radius 1 is 1.04 bits per heavy atom. The number of rotatable bonds is 7. The molecule has 0 saturated carbocycles. The summed E-state index contributed by atoms with van der Waals surface area (Å²) in [6.45, 7) is 4.42. The molecule has 0 heterocycles. The lowest BCUT2D eigenvalue weighted by Gasteiger charge is -2.22. The number of hydrogen-bond acceptors (Lipinski definition) is 2. The molecule has 0 spiro atoms. The van der Waals surface area contributed by atoms with E-state index < -0.39 is 0 Å². The monoisotopic (exact) mass is 351 g/mol. The minimum absolute atomic E-state index is 0.0250. The van der Waals surface area contributed by atoms with Gasteiger partial charge in [0.1, 0.15) is 5.75 Å². The van der Waals surface area contributed by atoms with Gasteiger partial charge in [0.15, 0.2) is 6.61 Å². The molecule has 2 aromatic carbocycles. The number of amides is 1. The molecule has 0 saturated heterocycles. The van der Waals surface area contributed by atoms with Gasteiger partial charge in [-0.2, -0.15) is 0 Å². The van der Waals surface area contributed by atoms with Crippen molar-refractivity contribution < 1.29 is 9.53 Å². The molecule has 1 aliphatic rings. The van der Waals surface area contributed by atoms with Gasteiger partial charge in [-0.05, 0) is 60.8 Å². The Labute approximate surface area is 156 Å². The summed E-state index contributed by atoms with van der Waals surface area (Å²) in [5.41, 5.74) is 3.80. The first kappa shape index (κ1) is 18.5. The summed E-state index contributed by atoms with van der Waals surface area (Å²) in [4.78, 5) is 12.5. The molecule has 3 heteroatoms. The Hall–Kier alpha value is -2.29. The van der Waals surface area contributed by atoms with Gasteiger partial charge >= 0.3 is 0 Å². The molecule has 0 aromatic heterocycles. The Morgan fingerprint density at radius 2 is 1.81 bits per heavy atom. The van der Waals surface area contributed by atoms with E-state index in [0.29, 0.717) is 5.92 Å². The quantitative estimate of drug-likeness (QED) is 0.774. The van der Waals surface area contributed by atoms with Crippen LogP contribution in [0.1, 0.15) is 55.8 Å². The Balaban J connectivity index is 1.62. The lowest BCUT2D eigenvalue weighted by atomic mass is 9.91. The maximum absolute atomic E-state index is 12.5. The van der Waals surface area contributed by atoms with Crippen molar-refractivity contribution in [3.8, 4) is 5.75 Å². The van der Waals surface area contributed by atoms with E-state index in [2.05, 4.69) is 37.4 Å². The van der Waals surface area contributed by atoms with Crippen molar-refractivity contribution in [2.45, 2.75) is 52.0 Å². The van der Waals surface area contributed by atoms with Gasteiger partial charge in [0.2, 0.25) is 0 Å². The molecule has 3 nitrogen and oxygen atoms in total. The van der Waals surface area contributed by atoms with Crippen LogP contribution in [0, 0.1) is 5.92 Å². The number of carbonyl (C=O) groups excluding carboxylic acids is 1. The maximum atomic E-state index is 12.5. The number of nitrogens with one attached hydrogen (secondary N) is 1. The number of hydrogen-bond donors (Lipinski definition) is 1. The van der Waals surface area contributed by atoms with Gasteiger partial charge in [0.05, 0.1) is 6.04 Å². The van der Waals surface area contributed by atoms with E-state index in [4.69, 9.17) is 4.74 Å². The molecule has 0 aliphatic heterocycles. The van der Waals surface area contributed by atoms with Crippen molar-refractivity contribution in [3.63, 3.8) is 0 Å². The number of ether oxygens (including phenoxy) is 1. The smallest absolute Gasteiger partial charge is 0.258 e. The fourth-order valence-corrected chi connectivity index (χ4v) is 3.70. The topological polar surface area (TPSA) is 38.3 Å². The first-order valence-corrected chi connectivity index (χ1v) is 9.71. The van der Waals surface area contributed by atoms with Crippen molar-refractivity contribution in [1.82, 2.24) is 5.32 Å². The van der Waals surface area contributed by atoms with Crippen LogP contribution in [0.3, 0.4) is 0 Å². The summed E-state index contributed by atoms with van der Waals surface area (Å²) < 4.78 is 5.90. The third-order valence-electron chi connectivity index (χ3n) is 4.96. The van der Waals surface area contributed by atoms with Crippen molar-refractivity contribution >= 4 is 5.91 Å². The highest BCUT2D eigenvalue weighted by Crippen LogP contribution is 2.29. The molecule has 138 valence electrons. The SMILES string of the molecule is CC(C)C[C@H](NC(=O)COc1cccc2c1CCCC2)c1ccccc1. The highest BCUT2D eigenvalue weighted by atomic mass is 16.5. The Kier molecular flexibility index (Phi) is 6.32. The highest BCUT2D eigenvalue weighted by Gasteiger charge is 2.18. The average molecular weight is 351 g/mol. The van der Waals surface area contributed by atoms with E-state index >= 15 is 0 Å². The summed E-state index contributed by atoms with van der Waals surface area (Å²) in [5, 5.41) is 3.15. The molecule has 26 heavy (non-hydrogen) atoms. The van der Waals surface area contributed by atoms with E-state index in [1.165, 1.54) is 24.0 Å². The predicted molar refractivity (Wildman–Crippen MR) is 105 cm³/mol. The minimum atomic E-state index is -0.0621. The second kappa shape index (κ2) is 8.88. The molecular formula is C23H29NO2. The zero-order chi connectivity index (χ0) is 18.4. The van der Waals surface area contributed by atoms with Crippen LogP contribution < -0.4 is 10.1 Å². The molecular weight excluding hydrogens is 322 g/mol. The predicted octanol–water partition coefficient (Wildman–Crippen LogP) is 4.85. The molecule has 0 fully saturated rings. The molecule has 2 aromatic rings. The van der Waals surface area contributed by atoms with Crippen LogP contribution in [0.2, 0.25) is 0 Å². The van der Waals surface area contributed by atoms with Crippen molar-refractivity contribution in [1.29, 1.82) is 0 Å². The van der Waals surface area contributed by atoms with Crippen LogP contribution in [0.4, 0.5) is 0 Å². The van der Waals surface area contributed by atoms with Gasteiger partial charge in [0, 0.05) is 0 Å². The lowest BCUT2D eigenvalue weighted by Crippen LogP contribution is -2.33. The zero-order valence-corrected chi connectivity index (χ0v) is 15.8. The standard InChI is InChI=1S/C23H29NO2/c1-17(2)15-21(19-10-4-3-5-11-19)24-23(25)16-26-22-14-8-12-18-9-6-7-13-20(18)22/h3-5,8,10-12,14,17,21H,6-7,9,13,15-16H2,1-2H3,(H,24,25)/t21-/m0/s1. The first-order chi connectivity index (χ1) is 12.6. The largest absolute Gasteiger partial charge is 0.483 e. The van der Waals surface area contributed by atoms with E-state index in [1.807, 2.05) is 30.3 Å². The molecule has 1 atom stereocenters. The van der Waals surface area contributed by atoms with Gasteiger partial charge in [-0.1, -0.05) is 56.3 Å². The first-order valence-electron chi connectivity index (χ1n) is 9.71. The summed E-state index contributed by atoms with van der Waals surface area (Å²) in [6, 6.07) is 16.4. The fourth-order valence-electron chi connectivity index (χ4n) is 3.70. The molecule has 0 unspecified atom stereocenters. The third kappa shape index (κ3) is 4.87. The van der Waals surface area contributed by atoms with Gasteiger partial charge in [-0.25, -0.2) is 0 Å². The average Bonchev–Trinajstić information content (AvgIpc) is 2.66. The number of fused-ring (bicyclic) bond motifs is 1. The van der Waals surface area contributed by atoms with E-state index in [1.54, 1.807) is 0 Å². The van der Waals surface area contributed by atoms with Crippen LogP contribution in [0.15, 0.2) is 48.5 Å². The molecule has 1 amide bonds. The normalized spacial score (nSPS) is 14.6. The van der Waals surface area contributed by atoms with Gasteiger partial charge in [0.25, 0.3) is 5.91 Å². The minimum Gasteiger partial charge on any atom is -0.483 e. The molecule has 3 rings (SSSR count). The summed E-state index contributed by atoms with van der Waals surface area (Å²) in [5.74, 6) is 1.31. The van der Waals surface area contributed by atoms with Crippen molar-refractivity contribution in [2.75, 3.05) is 6.61 Å². The third-order valence-corrected chi connectivity index (χ3v) is 4.96. The van der Waals surface area contributed by atoms with E-state index in [0.717, 1.165) is 30.6 Å². The maximum Gasteiger partial charge on any atom is 0.258 e. The number of benzene rings is 2.